The van der Waals surface area contributed by atoms with Crippen molar-refractivity contribution >= 4 is 5.91 Å². The van der Waals surface area contributed by atoms with E-state index in [0.717, 1.165) is 12.2 Å². The Hall–Kier alpha value is -2.49. The molecule has 0 aliphatic carbocycles. The van der Waals surface area contributed by atoms with Crippen LogP contribution < -0.4 is 14.8 Å². The fourth-order valence-corrected chi connectivity index (χ4v) is 1.90. The van der Waals surface area contributed by atoms with E-state index in [1.807, 2.05) is 54.6 Å². The highest BCUT2D eigenvalue weighted by Gasteiger charge is 2.02. The molecule has 4 heteroatoms. The largest absolute Gasteiger partial charge is 0.492 e. The minimum Gasteiger partial charge on any atom is -0.492 e. The first kappa shape index (κ1) is 15.9. The highest BCUT2D eigenvalue weighted by atomic mass is 16.5. The number of amides is 1. The maximum Gasteiger partial charge on any atom is 0.258 e. The Balaban J connectivity index is 1.60. The molecule has 0 bridgehead atoms. The smallest absolute Gasteiger partial charge is 0.258 e. The molecule has 0 aliphatic rings. The number of carbonyl (C=O) groups excluding carboxylic acids is 1. The lowest BCUT2D eigenvalue weighted by molar-refractivity contribution is -0.123. The summed E-state index contributed by atoms with van der Waals surface area (Å²) in [5, 5.41) is 2.76. The molecular formula is C18H21NO3. The molecule has 22 heavy (non-hydrogen) atoms. The average Bonchev–Trinajstić information content (AvgIpc) is 2.58. The van der Waals surface area contributed by atoms with Gasteiger partial charge in [-0.3, -0.25) is 4.79 Å². The number of hydrogen-bond donors (Lipinski definition) is 1. The number of hydrogen-bond acceptors (Lipinski definition) is 3. The molecular weight excluding hydrogens is 278 g/mol. The van der Waals surface area contributed by atoms with Crippen molar-refractivity contribution in [3.8, 4) is 11.5 Å². The van der Waals surface area contributed by atoms with Crippen molar-refractivity contribution in [2.45, 2.75) is 13.3 Å². The first-order chi connectivity index (χ1) is 10.8. The summed E-state index contributed by atoms with van der Waals surface area (Å²) in [5.41, 5.74) is 1.28. The van der Waals surface area contributed by atoms with Gasteiger partial charge in [0.1, 0.15) is 18.1 Å². The van der Waals surface area contributed by atoms with Gasteiger partial charge in [-0.05, 0) is 36.2 Å². The molecule has 2 aromatic carbocycles. The SMILES string of the molecule is CCc1ccc(OCCNC(=O)COc2ccccc2)cc1. The summed E-state index contributed by atoms with van der Waals surface area (Å²) >= 11 is 0. The van der Waals surface area contributed by atoms with Crippen molar-refractivity contribution in [3.63, 3.8) is 0 Å². The molecule has 116 valence electrons. The predicted octanol–water partition coefficient (Wildman–Crippen LogP) is 2.82. The Morgan fingerprint density at radius 1 is 0.955 bits per heavy atom. The lowest BCUT2D eigenvalue weighted by atomic mass is 10.2. The highest BCUT2D eigenvalue weighted by Crippen LogP contribution is 2.12. The van der Waals surface area contributed by atoms with Crippen LogP contribution in [-0.2, 0) is 11.2 Å². The van der Waals surface area contributed by atoms with Gasteiger partial charge in [-0.25, -0.2) is 0 Å². The molecule has 0 aliphatic heterocycles. The average molecular weight is 299 g/mol. The van der Waals surface area contributed by atoms with Gasteiger partial charge >= 0.3 is 0 Å². The van der Waals surface area contributed by atoms with Gasteiger partial charge in [-0.1, -0.05) is 37.3 Å². The molecule has 0 saturated heterocycles. The highest BCUT2D eigenvalue weighted by molar-refractivity contribution is 5.77. The van der Waals surface area contributed by atoms with Crippen LogP contribution in [0.25, 0.3) is 0 Å². The maximum atomic E-state index is 11.6. The van der Waals surface area contributed by atoms with Gasteiger partial charge in [-0.15, -0.1) is 0 Å². The van der Waals surface area contributed by atoms with Gasteiger partial charge < -0.3 is 14.8 Å². The third-order valence-corrected chi connectivity index (χ3v) is 3.14. The Labute approximate surface area is 131 Å². The molecule has 1 amide bonds. The van der Waals surface area contributed by atoms with Gasteiger partial charge in [-0.2, -0.15) is 0 Å². The second-order valence-corrected chi connectivity index (χ2v) is 4.80. The normalized spacial score (nSPS) is 10.0. The van der Waals surface area contributed by atoms with Crippen LogP contribution in [0.4, 0.5) is 0 Å². The number of aryl methyl sites for hydroxylation is 1. The third kappa shape index (κ3) is 5.48. The quantitative estimate of drug-likeness (QED) is 0.763. The van der Waals surface area contributed by atoms with E-state index in [9.17, 15) is 4.79 Å². The van der Waals surface area contributed by atoms with E-state index in [4.69, 9.17) is 9.47 Å². The summed E-state index contributed by atoms with van der Waals surface area (Å²) in [7, 11) is 0. The summed E-state index contributed by atoms with van der Waals surface area (Å²) in [5.74, 6) is 1.34. The molecule has 2 rings (SSSR count). The lowest BCUT2D eigenvalue weighted by Gasteiger charge is -2.09. The molecule has 4 nitrogen and oxygen atoms in total. The molecule has 0 radical (unpaired) electrons. The zero-order valence-electron chi connectivity index (χ0n) is 12.7. The van der Waals surface area contributed by atoms with Crippen molar-refractivity contribution in [1.82, 2.24) is 5.32 Å². The first-order valence-electron chi connectivity index (χ1n) is 7.44. The fraction of sp³-hybridized carbons (Fsp3) is 0.278. The Morgan fingerprint density at radius 2 is 1.64 bits per heavy atom. The Kier molecular flexibility index (Phi) is 6.30. The van der Waals surface area contributed by atoms with Crippen molar-refractivity contribution in [3.05, 3.63) is 60.2 Å². The fourth-order valence-electron chi connectivity index (χ4n) is 1.90. The van der Waals surface area contributed by atoms with E-state index in [0.29, 0.717) is 18.9 Å². The van der Waals surface area contributed by atoms with Gasteiger partial charge in [0.2, 0.25) is 0 Å². The zero-order chi connectivity index (χ0) is 15.6. The molecule has 0 heterocycles. The van der Waals surface area contributed by atoms with E-state index in [2.05, 4.69) is 12.2 Å². The van der Waals surface area contributed by atoms with Gasteiger partial charge in [0.05, 0.1) is 6.54 Å². The summed E-state index contributed by atoms with van der Waals surface area (Å²) in [6.45, 7) is 3.01. The van der Waals surface area contributed by atoms with Crippen LogP contribution in [0, 0.1) is 0 Å². The number of para-hydroxylation sites is 1. The van der Waals surface area contributed by atoms with E-state index >= 15 is 0 Å². The lowest BCUT2D eigenvalue weighted by Crippen LogP contribution is -2.32. The Morgan fingerprint density at radius 3 is 2.32 bits per heavy atom. The van der Waals surface area contributed by atoms with Crippen LogP contribution in [0.3, 0.4) is 0 Å². The van der Waals surface area contributed by atoms with Crippen LogP contribution in [0.2, 0.25) is 0 Å². The molecule has 0 aromatic heterocycles. The van der Waals surface area contributed by atoms with Crippen LogP contribution >= 0.6 is 0 Å². The van der Waals surface area contributed by atoms with Crippen LogP contribution in [0.5, 0.6) is 11.5 Å². The van der Waals surface area contributed by atoms with E-state index in [1.54, 1.807) is 0 Å². The summed E-state index contributed by atoms with van der Waals surface area (Å²) < 4.78 is 10.9. The van der Waals surface area contributed by atoms with Gasteiger partial charge in [0, 0.05) is 0 Å². The van der Waals surface area contributed by atoms with Gasteiger partial charge in [0.25, 0.3) is 5.91 Å². The molecule has 0 spiro atoms. The van der Waals surface area contributed by atoms with Crippen molar-refractivity contribution in [1.29, 1.82) is 0 Å². The summed E-state index contributed by atoms with van der Waals surface area (Å²) in [6, 6.07) is 17.2. The monoisotopic (exact) mass is 299 g/mol. The second kappa shape index (κ2) is 8.72. The molecule has 1 N–H and O–H groups in total. The molecule has 0 unspecified atom stereocenters. The van der Waals surface area contributed by atoms with E-state index in [-0.39, 0.29) is 12.5 Å². The Bertz CT molecular complexity index is 567. The molecule has 2 aromatic rings. The number of rotatable bonds is 8. The van der Waals surface area contributed by atoms with Crippen LogP contribution in [-0.4, -0.2) is 25.7 Å². The minimum absolute atomic E-state index is 0.00914. The molecule has 0 fully saturated rings. The van der Waals surface area contributed by atoms with Gasteiger partial charge in [0.15, 0.2) is 6.61 Å². The summed E-state index contributed by atoms with van der Waals surface area (Å²) in [6.07, 6.45) is 1.01. The van der Waals surface area contributed by atoms with E-state index < -0.39 is 0 Å². The third-order valence-electron chi connectivity index (χ3n) is 3.14. The number of carbonyl (C=O) groups is 1. The maximum absolute atomic E-state index is 11.6. The summed E-state index contributed by atoms with van der Waals surface area (Å²) in [4.78, 5) is 11.6. The zero-order valence-corrected chi connectivity index (χ0v) is 12.7. The van der Waals surface area contributed by atoms with Crippen LogP contribution in [0.1, 0.15) is 12.5 Å². The standard InChI is InChI=1S/C18H21NO3/c1-2-15-8-10-17(11-9-15)21-13-12-19-18(20)14-22-16-6-4-3-5-7-16/h3-11H,2,12-14H2,1H3,(H,19,20). The van der Waals surface area contributed by atoms with Crippen LogP contribution in [0.15, 0.2) is 54.6 Å². The van der Waals surface area contributed by atoms with E-state index in [1.165, 1.54) is 5.56 Å². The predicted molar refractivity (Wildman–Crippen MR) is 86.3 cm³/mol. The van der Waals surface area contributed by atoms with Crippen molar-refractivity contribution in [2.75, 3.05) is 19.8 Å². The molecule has 0 atom stereocenters. The first-order valence-corrected chi connectivity index (χ1v) is 7.44. The number of ether oxygens (including phenoxy) is 2. The second-order valence-electron chi connectivity index (χ2n) is 4.80. The number of nitrogens with one attached hydrogen (secondary N) is 1. The topological polar surface area (TPSA) is 47.6 Å². The molecule has 0 saturated carbocycles. The van der Waals surface area contributed by atoms with Crippen molar-refractivity contribution in [2.24, 2.45) is 0 Å². The minimum atomic E-state index is -0.159. The van der Waals surface area contributed by atoms with Crippen molar-refractivity contribution < 1.29 is 14.3 Å². The number of benzene rings is 2.